The van der Waals surface area contributed by atoms with Crippen molar-refractivity contribution in [1.82, 2.24) is 15.2 Å². The molecule has 1 saturated carbocycles. The van der Waals surface area contributed by atoms with Gasteiger partial charge < -0.3 is 10.6 Å². The summed E-state index contributed by atoms with van der Waals surface area (Å²) in [7, 11) is 0. The summed E-state index contributed by atoms with van der Waals surface area (Å²) in [5.74, 6) is 2.39. The van der Waals surface area contributed by atoms with E-state index in [-0.39, 0.29) is 0 Å². The zero-order valence-corrected chi connectivity index (χ0v) is 15.1. The van der Waals surface area contributed by atoms with E-state index in [1.54, 1.807) is 11.3 Å². The summed E-state index contributed by atoms with van der Waals surface area (Å²) in [4.78, 5) is 11.8. The number of aromatic nitrogens is 1. The Morgan fingerprint density at radius 2 is 2.12 bits per heavy atom. The highest BCUT2D eigenvalue weighted by Crippen LogP contribution is 2.33. The van der Waals surface area contributed by atoms with Crippen molar-refractivity contribution in [2.75, 3.05) is 18.7 Å². The molecule has 1 aromatic heterocycles. The Hall–Kier alpha value is -1.66. The molecule has 0 saturated heterocycles. The van der Waals surface area contributed by atoms with Gasteiger partial charge in [0.25, 0.3) is 0 Å². The van der Waals surface area contributed by atoms with Crippen molar-refractivity contribution in [2.45, 2.75) is 39.2 Å². The molecule has 128 valence electrons. The van der Waals surface area contributed by atoms with Crippen LogP contribution in [0.25, 0.3) is 10.2 Å². The molecule has 2 N–H and O–H groups in total. The number of thiazole rings is 1. The summed E-state index contributed by atoms with van der Waals surface area (Å²) >= 11 is 1.66. The van der Waals surface area contributed by atoms with Crippen LogP contribution in [-0.4, -0.2) is 35.2 Å². The lowest BCUT2D eigenvalue weighted by Crippen LogP contribution is -2.53. The summed E-state index contributed by atoms with van der Waals surface area (Å²) in [5, 5.41) is 7.66. The van der Waals surface area contributed by atoms with Gasteiger partial charge in [-0.1, -0.05) is 50.2 Å². The number of hydrogen-bond acceptors (Lipinski definition) is 6. The molecule has 4 rings (SSSR count). The number of guanidine groups is 1. The molecule has 0 spiro atoms. The predicted octanol–water partition coefficient (Wildman–Crippen LogP) is 3.71. The third-order valence-corrected chi connectivity index (χ3v) is 6.46. The number of benzene rings is 1. The monoisotopic (exact) mass is 343 g/mol. The van der Waals surface area contributed by atoms with Crippen molar-refractivity contribution in [3.63, 3.8) is 0 Å². The summed E-state index contributed by atoms with van der Waals surface area (Å²) in [5.41, 5.74) is 1.04. The molecule has 0 unspecified atom stereocenters. The Morgan fingerprint density at radius 3 is 2.92 bits per heavy atom. The largest absolute Gasteiger partial charge is 0.343 e. The molecule has 24 heavy (non-hydrogen) atoms. The van der Waals surface area contributed by atoms with Gasteiger partial charge in [0.2, 0.25) is 0 Å². The maximum atomic E-state index is 4.70. The molecule has 5 nitrogen and oxygen atoms in total. The van der Waals surface area contributed by atoms with E-state index >= 15 is 0 Å². The van der Waals surface area contributed by atoms with Gasteiger partial charge in [0, 0.05) is 6.04 Å². The minimum Gasteiger partial charge on any atom is -0.343 e. The number of nitrogens with one attached hydrogen (secondary N) is 2. The lowest BCUT2D eigenvalue weighted by atomic mass is 9.77. The average molecular weight is 344 g/mol. The van der Waals surface area contributed by atoms with Gasteiger partial charge in [-0.05, 0) is 30.4 Å². The highest BCUT2D eigenvalue weighted by Gasteiger charge is 2.32. The van der Waals surface area contributed by atoms with Crippen molar-refractivity contribution in [3.05, 3.63) is 24.3 Å². The molecule has 1 aliphatic heterocycles. The molecule has 2 aromatic rings. The molecule has 0 amide bonds. The van der Waals surface area contributed by atoms with Crippen LogP contribution in [0.4, 0.5) is 5.13 Å². The second-order valence-electron chi connectivity index (χ2n) is 7.02. The van der Waals surface area contributed by atoms with Crippen LogP contribution in [0, 0.1) is 11.8 Å². The van der Waals surface area contributed by atoms with Crippen LogP contribution in [0.2, 0.25) is 0 Å². The van der Waals surface area contributed by atoms with Gasteiger partial charge in [-0.25, -0.2) is 9.98 Å². The first kappa shape index (κ1) is 15.8. The van der Waals surface area contributed by atoms with Crippen molar-refractivity contribution < 1.29 is 0 Å². The Morgan fingerprint density at radius 1 is 1.25 bits per heavy atom. The van der Waals surface area contributed by atoms with E-state index in [2.05, 4.69) is 40.4 Å². The molecule has 2 aliphatic rings. The van der Waals surface area contributed by atoms with E-state index in [1.165, 1.54) is 24.0 Å². The second kappa shape index (κ2) is 6.69. The van der Waals surface area contributed by atoms with Crippen LogP contribution in [0.1, 0.15) is 33.1 Å². The third kappa shape index (κ3) is 3.13. The van der Waals surface area contributed by atoms with Gasteiger partial charge in [0.1, 0.15) is 0 Å². The first-order valence-electron chi connectivity index (χ1n) is 8.85. The van der Waals surface area contributed by atoms with Crippen LogP contribution in [0.3, 0.4) is 0 Å². The molecular formula is C18H25N5S. The summed E-state index contributed by atoms with van der Waals surface area (Å²) in [6.07, 6.45) is 4.00. The Bertz CT molecular complexity index is 707. The third-order valence-electron chi connectivity index (χ3n) is 5.51. The number of anilines is 1. The SMILES string of the molecule is C[C@H]1[C@@H](C)CCC[C@@H]1N1CN=C(Nc2nc3ccccc3s2)NC1. The van der Waals surface area contributed by atoms with E-state index in [4.69, 9.17) is 4.99 Å². The number of hydrogen-bond donors (Lipinski definition) is 2. The summed E-state index contributed by atoms with van der Waals surface area (Å²) < 4.78 is 1.20. The van der Waals surface area contributed by atoms with E-state index < -0.39 is 0 Å². The van der Waals surface area contributed by atoms with Gasteiger partial charge in [-0.15, -0.1) is 0 Å². The maximum absolute atomic E-state index is 4.70. The smallest absolute Gasteiger partial charge is 0.199 e. The van der Waals surface area contributed by atoms with Crippen LogP contribution >= 0.6 is 11.3 Å². The van der Waals surface area contributed by atoms with Gasteiger partial charge in [0.05, 0.1) is 23.6 Å². The van der Waals surface area contributed by atoms with Gasteiger partial charge in [0.15, 0.2) is 11.1 Å². The fourth-order valence-corrected chi connectivity index (χ4v) is 4.71. The van der Waals surface area contributed by atoms with Crippen LogP contribution in [0.15, 0.2) is 29.3 Å². The fourth-order valence-electron chi connectivity index (χ4n) is 3.85. The van der Waals surface area contributed by atoms with E-state index in [0.717, 1.165) is 41.8 Å². The van der Waals surface area contributed by atoms with Gasteiger partial charge in [-0.2, -0.15) is 0 Å². The molecule has 0 radical (unpaired) electrons. The van der Waals surface area contributed by atoms with Crippen molar-refractivity contribution in [1.29, 1.82) is 0 Å². The Labute approximate surface area is 147 Å². The first-order chi connectivity index (χ1) is 11.7. The number of aliphatic imine (C=N–C) groups is 1. The van der Waals surface area contributed by atoms with Crippen molar-refractivity contribution >= 4 is 32.6 Å². The molecule has 6 heteroatoms. The number of nitrogens with zero attached hydrogens (tertiary/aromatic N) is 3. The maximum Gasteiger partial charge on any atom is 0.199 e. The van der Waals surface area contributed by atoms with Crippen molar-refractivity contribution in [3.8, 4) is 0 Å². The quantitative estimate of drug-likeness (QED) is 0.873. The molecule has 1 fully saturated rings. The Balaban J connectivity index is 1.41. The number of rotatable bonds is 2. The lowest BCUT2D eigenvalue weighted by Gasteiger charge is -2.42. The van der Waals surface area contributed by atoms with Crippen molar-refractivity contribution in [2.24, 2.45) is 16.8 Å². The standard InChI is InChI=1S/C18H25N5S/c1-12-6-5-8-15(13(12)2)23-10-19-17(20-11-23)22-18-21-14-7-3-4-9-16(14)24-18/h3-4,7,9,12-13,15H,5-6,8,10-11H2,1-2H3,(H2,19,20,21,22)/t12-,13-,15-/m0/s1. The minimum atomic E-state index is 0.647. The zero-order valence-electron chi connectivity index (χ0n) is 14.3. The highest BCUT2D eigenvalue weighted by molar-refractivity contribution is 7.22. The van der Waals surface area contributed by atoms with E-state index in [1.807, 2.05) is 18.2 Å². The minimum absolute atomic E-state index is 0.647. The number of fused-ring (bicyclic) bond motifs is 1. The molecule has 1 aromatic carbocycles. The fraction of sp³-hybridized carbons (Fsp3) is 0.556. The molecule has 3 atom stereocenters. The topological polar surface area (TPSA) is 52.5 Å². The highest BCUT2D eigenvalue weighted by atomic mass is 32.1. The Kier molecular flexibility index (Phi) is 4.41. The molecule has 0 bridgehead atoms. The summed E-state index contributed by atoms with van der Waals surface area (Å²) in [6, 6.07) is 8.86. The van der Waals surface area contributed by atoms with Crippen LogP contribution in [-0.2, 0) is 0 Å². The van der Waals surface area contributed by atoms with E-state index in [9.17, 15) is 0 Å². The average Bonchev–Trinajstić information content (AvgIpc) is 3.00. The first-order valence-corrected chi connectivity index (χ1v) is 9.67. The van der Waals surface area contributed by atoms with Gasteiger partial charge in [-0.3, -0.25) is 4.90 Å². The summed E-state index contributed by atoms with van der Waals surface area (Å²) in [6.45, 7) is 6.41. The van der Waals surface area contributed by atoms with E-state index in [0.29, 0.717) is 6.04 Å². The predicted molar refractivity (Wildman–Crippen MR) is 101 cm³/mol. The lowest BCUT2D eigenvalue weighted by molar-refractivity contribution is 0.0771. The number of para-hydroxylation sites is 1. The zero-order chi connectivity index (χ0) is 16.5. The van der Waals surface area contributed by atoms with Crippen LogP contribution < -0.4 is 10.6 Å². The normalized spacial score (nSPS) is 28.4. The molecular weight excluding hydrogens is 318 g/mol. The molecule has 1 aliphatic carbocycles. The second-order valence-corrected chi connectivity index (χ2v) is 8.05. The van der Waals surface area contributed by atoms with Crippen LogP contribution in [0.5, 0.6) is 0 Å². The van der Waals surface area contributed by atoms with Gasteiger partial charge >= 0.3 is 0 Å². The molecule has 2 heterocycles.